The Morgan fingerprint density at radius 2 is 1.70 bits per heavy atom. The van der Waals surface area contributed by atoms with Gasteiger partial charge < -0.3 is 9.80 Å². The van der Waals surface area contributed by atoms with Crippen LogP contribution in [-0.4, -0.2) is 58.9 Å². The van der Waals surface area contributed by atoms with Crippen LogP contribution in [-0.2, 0) is 25.6 Å². The average Bonchev–Trinajstić information content (AvgIpc) is 3.45. The summed E-state index contributed by atoms with van der Waals surface area (Å²) in [5.74, 6) is 0.421. The molecule has 2 amide bonds. The third kappa shape index (κ3) is 7.49. The van der Waals surface area contributed by atoms with E-state index < -0.39 is 0 Å². The van der Waals surface area contributed by atoms with Crippen molar-refractivity contribution in [3.63, 3.8) is 0 Å². The van der Waals surface area contributed by atoms with Gasteiger partial charge in [0.05, 0.1) is 6.04 Å². The molecule has 1 aromatic rings. The number of rotatable bonds is 5. The SMILES string of the molecule is CC(=O)N1CCC[C@H]1C(=O)C(C)(C)C.CC(C)(C)C(=O)C1CC(=O)N(CCc2cccs2)C1. The monoisotopic (exact) mass is 476 g/mol. The fraction of sp³-hybridized carbons (Fsp3) is 0.692. The van der Waals surface area contributed by atoms with E-state index in [1.165, 1.54) is 11.8 Å². The summed E-state index contributed by atoms with van der Waals surface area (Å²) >= 11 is 1.71. The first kappa shape index (κ1) is 27.2. The van der Waals surface area contributed by atoms with Crippen molar-refractivity contribution in [2.75, 3.05) is 19.6 Å². The lowest BCUT2D eigenvalue weighted by Crippen LogP contribution is -2.43. The molecular weight excluding hydrogens is 436 g/mol. The van der Waals surface area contributed by atoms with E-state index in [1.54, 1.807) is 16.2 Å². The van der Waals surface area contributed by atoms with Gasteiger partial charge in [0.15, 0.2) is 5.78 Å². The minimum atomic E-state index is -0.352. The van der Waals surface area contributed by atoms with Gasteiger partial charge >= 0.3 is 0 Å². The second-order valence-electron chi connectivity index (χ2n) is 11.2. The number of hydrogen-bond acceptors (Lipinski definition) is 5. The first-order valence-corrected chi connectivity index (χ1v) is 12.8. The van der Waals surface area contributed by atoms with Crippen LogP contribution in [0.25, 0.3) is 0 Å². The maximum Gasteiger partial charge on any atom is 0.223 e. The van der Waals surface area contributed by atoms with Gasteiger partial charge in [-0.3, -0.25) is 19.2 Å². The molecule has 3 rings (SSSR count). The van der Waals surface area contributed by atoms with Gasteiger partial charge in [-0.15, -0.1) is 11.3 Å². The van der Waals surface area contributed by atoms with Gasteiger partial charge in [-0.05, 0) is 30.7 Å². The third-order valence-corrected chi connectivity index (χ3v) is 7.17. The van der Waals surface area contributed by atoms with Crippen molar-refractivity contribution in [3.8, 4) is 0 Å². The van der Waals surface area contributed by atoms with Gasteiger partial charge in [-0.1, -0.05) is 47.6 Å². The minimum Gasteiger partial charge on any atom is -0.342 e. The summed E-state index contributed by atoms with van der Waals surface area (Å²) in [4.78, 5) is 52.2. The van der Waals surface area contributed by atoms with Crippen molar-refractivity contribution in [1.82, 2.24) is 9.80 Å². The van der Waals surface area contributed by atoms with Gasteiger partial charge in [0.25, 0.3) is 0 Å². The molecule has 3 heterocycles. The van der Waals surface area contributed by atoms with Crippen LogP contribution in [0, 0.1) is 16.7 Å². The number of thiophene rings is 1. The molecule has 1 aromatic heterocycles. The summed E-state index contributed by atoms with van der Waals surface area (Å²) in [5.41, 5.74) is -0.697. The van der Waals surface area contributed by atoms with E-state index in [2.05, 4.69) is 6.07 Å². The lowest BCUT2D eigenvalue weighted by molar-refractivity contribution is -0.139. The zero-order valence-corrected chi connectivity index (χ0v) is 22.1. The Bertz CT molecular complexity index is 849. The average molecular weight is 477 g/mol. The molecule has 2 fully saturated rings. The minimum absolute atomic E-state index is 0.0186. The van der Waals surface area contributed by atoms with E-state index in [0.29, 0.717) is 13.0 Å². The molecular formula is C26H40N2O4S. The van der Waals surface area contributed by atoms with Gasteiger partial charge in [0.2, 0.25) is 11.8 Å². The van der Waals surface area contributed by atoms with E-state index >= 15 is 0 Å². The van der Waals surface area contributed by atoms with Crippen molar-refractivity contribution >= 4 is 34.7 Å². The summed E-state index contributed by atoms with van der Waals surface area (Å²) < 4.78 is 0. The van der Waals surface area contributed by atoms with E-state index in [1.807, 2.05) is 57.9 Å². The van der Waals surface area contributed by atoms with Crippen LogP contribution in [0.1, 0.15) is 72.6 Å². The number of amides is 2. The molecule has 0 spiro atoms. The molecule has 0 N–H and O–H groups in total. The van der Waals surface area contributed by atoms with E-state index in [0.717, 1.165) is 32.4 Å². The normalized spacial score (nSPS) is 21.1. The van der Waals surface area contributed by atoms with Crippen LogP contribution < -0.4 is 0 Å². The van der Waals surface area contributed by atoms with Crippen molar-refractivity contribution < 1.29 is 19.2 Å². The number of carbonyl (C=O) groups excluding carboxylic acids is 4. The topological polar surface area (TPSA) is 74.8 Å². The van der Waals surface area contributed by atoms with Crippen LogP contribution in [0.2, 0.25) is 0 Å². The summed E-state index contributed by atoms with van der Waals surface area (Å²) in [6.07, 6.45) is 3.06. The van der Waals surface area contributed by atoms with Crippen molar-refractivity contribution in [3.05, 3.63) is 22.4 Å². The molecule has 0 aromatic carbocycles. The van der Waals surface area contributed by atoms with Crippen molar-refractivity contribution in [1.29, 1.82) is 0 Å². The number of nitrogens with zero attached hydrogens (tertiary/aromatic N) is 2. The second-order valence-corrected chi connectivity index (χ2v) is 12.2. The lowest BCUT2D eigenvalue weighted by atomic mass is 9.82. The highest BCUT2D eigenvalue weighted by molar-refractivity contribution is 7.09. The Morgan fingerprint density at radius 1 is 1.06 bits per heavy atom. The highest BCUT2D eigenvalue weighted by atomic mass is 32.1. The summed E-state index contributed by atoms with van der Waals surface area (Å²) in [5, 5.41) is 2.05. The van der Waals surface area contributed by atoms with Crippen molar-refractivity contribution in [2.24, 2.45) is 16.7 Å². The maximum absolute atomic E-state index is 12.2. The lowest BCUT2D eigenvalue weighted by Gasteiger charge is -2.28. The van der Waals surface area contributed by atoms with Crippen LogP contribution in [0.3, 0.4) is 0 Å². The Kier molecular flexibility index (Phi) is 9.02. The molecule has 2 atom stereocenters. The fourth-order valence-corrected chi connectivity index (χ4v) is 5.09. The predicted octanol–water partition coefficient (Wildman–Crippen LogP) is 4.37. The predicted molar refractivity (Wildman–Crippen MR) is 132 cm³/mol. The highest BCUT2D eigenvalue weighted by Gasteiger charge is 2.39. The summed E-state index contributed by atoms with van der Waals surface area (Å²) in [6, 6.07) is 3.94. The van der Waals surface area contributed by atoms with Crippen LogP contribution >= 0.6 is 11.3 Å². The number of likely N-dealkylation sites (tertiary alicyclic amines) is 2. The first-order valence-electron chi connectivity index (χ1n) is 11.9. The first-order chi connectivity index (χ1) is 15.2. The van der Waals surface area contributed by atoms with E-state index in [4.69, 9.17) is 0 Å². The molecule has 2 aliphatic heterocycles. The number of hydrogen-bond donors (Lipinski definition) is 0. The zero-order chi connectivity index (χ0) is 25.0. The highest BCUT2D eigenvalue weighted by Crippen LogP contribution is 2.28. The van der Waals surface area contributed by atoms with E-state index in [-0.39, 0.29) is 46.2 Å². The van der Waals surface area contributed by atoms with Gasteiger partial charge in [0.1, 0.15) is 5.78 Å². The summed E-state index contributed by atoms with van der Waals surface area (Å²) in [7, 11) is 0. The quantitative estimate of drug-likeness (QED) is 0.633. The van der Waals surface area contributed by atoms with Crippen molar-refractivity contribution in [2.45, 2.75) is 80.2 Å². The molecule has 2 saturated heterocycles. The van der Waals surface area contributed by atoms with E-state index in [9.17, 15) is 19.2 Å². The molecule has 184 valence electrons. The number of carbonyl (C=O) groups is 4. The Hall–Kier alpha value is -2.02. The van der Waals surface area contributed by atoms with Crippen LogP contribution in [0.15, 0.2) is 17.5 Å². The molecule has 7 heteroatoms. The third-order valence-electron chi connectivity index (χ3n) is 6.23. The molecule has 1 unspecified atom stereocenters. The fourth-order valence-electron chi connectivity index (χ4n) is 4.39. The molecule has 2 aliphatic rings. The zero-order valence-electron chi connectivity index (χ0n) is 21.3. The standard InChI is InChI=1S/C15H21NO2S.C11H19NO2/c1-15(2,3)14(18)11-9-13(17)16(10-11)7-6-12-5-4-8-19-12;1-8(13)12-7-5-6-9(12)10(14)11(2,3)4/h4-5,8,11H,6-7,9-10H2,1-3H3;9H,5-7H2,1-4H3/t;9-/m.0/s1. The molecule has 0 radical (unpaired) electrons. The molecule has 33 heavy (non-hydrogen) atoms. The molecule has 6 nitrogen and oxygen atoms in total. The largest absolute Gasteiger partial charge is 0.342 e. The Balaban J connectivity index is 0.000000245. The van der Waals surface area contributed by atoms with Crippen LogP contribution in [0.4, 0.5) is 0 Å². The summed E-state index contributed by atoms with van der Waals surface area (Å²) in [6.45, 7) is 15.1. The maximum atomic E-state index is 12.2. The van der Waals surface area contributed by atoms with Gasteiger partial charge in [-0.2, -0.15) is 0 Å². The molecule has 0 aliphatic carbocycles. The van der Waals surface area contributed by atoms with Gasteiger partial charge in [-0.25, -0.2) is 0 Å². The Morgan fingerprint density at radius 3 is 2.21 bits per heavy atom. The smallest absolute Gasteiger partial charge is 0.223 e. The van der Waals surface area contributed by atoms with Crippen LogP contribution in [0.5, 0.6) is 0 Å². The Labute approximate surface area is 202 Å². The molecule has 0 saturated carbocycles. The second kappa shape index (κ2) is 10.9. The number of Topliss-reactive ketones (excluding diaryl/α,β-unsaturated/α-hetero) is 2. The molecule has 0 bridgehead atoms. The number of ketones is 2. The van der Waals surface area contributed by atoms with Gasteiger partial charge in [0, 0.05) is 54.6 Å².